The molecular weight excluding hydrogens is 238 g/mol. The monoisotopic (exact) mass is 250 g/mol. The summed E-state index contributed by atoms with van der Waals surface area (Å²) in [5.74, 6) is 0. The second kappa shape index (κ2) is 7.20. The summed E-state index contributed by atoms with van der Waals surface area (Å²) in [6.07, 6.45) is 0. The molecule has 2 aromatic rings. The van der Waals surface area contributed by atoms with Gasteiger partial charge in [0.15, 0.2) is 0 Å². The summed E-state index contributed by atoms with van der Waals surface area (Å²) in [5, 5.41) is 2.62. The van der Waals surface area contributed by atoms with Gasteiger partial charge in [-0.05, 0) is 10.8 Å². The molecule has 0 aliphatic heterocycles. The average Bonchev–Trinajstić information content (AvgIpc) is 2.16. The van der Waals surface area contributed by atoms with E-state index in [0.717, 1.165) is 0 Å². The number of hydrogen-bond acceptors (Lipinski definition) is 1. The normalized spacial score (nSPS) is 9.94. The van der Waals surface area contributed by atoms with Crippen LogP contribution in [0, 0.1) is 0 Å². The van der Waals surface area contributed by atoms with E-state index in [1.165, 1.54) is 10.8 Å². The van der Waals surface area contributed by atoms with E-state index in [2.05, 4.69) is 48.5 Å². The average molecular weight is 250 g/mol. The second-order valence-corrected chi connectivity index (χ2v) is 3.89. The molecule has 0 spiro atoms. The molecule has 0 unspecified atom stereocenters. The van der Waals surface area contributed by atoms with Gasteiger partial charge < -0.3 is 16.1 Å². The van der Waals surface area contributed by atoms with Crippen LogP contribution < -0.4 is 29.6 Å². The molecule has 0 bridgehead atoms. The molecule has 0 amide bonds. The number of fused-ring (bicyclic) bond motifs is 1. The second-order valence-electron chi connectivity index (χ2n) is 2.86. The van der Waals surface area contributed by atoms with Crippen molar-refractivity contribution in [3.8, 4) is 0 Å². The van der Waals surface area contributed by atoms with Gasteiger partial charge >= 0.3 is 37.4 Å². The molecule has 0 aliphatic rings. The van der Waals surface area contributed by atoms with Gasteiger partial charge in [-0.3, -0.25) is 0 Å². The Balaban J connectivity index is 0. The van der Waals surface area contributed by atoms with Crippen LogP contribution in [0.3, 0.4) is 0 Å². The minimum Gasteiger partial charge on any atom is -1.00 e. The van der Waals surface area contributed by atoms with E-state index in [0.29, 0.717) is 0 Å². The van der Waals surface area contributed by atoms with Gasteiger partial charge in [0.1, 0.15) is 0 Å². The van der Waals surface area contributed by atoms with Gasteiger partial charge in [-0.15, -0.1) is 0 Å². The maximum Gasteiger partial charge on any atom is 1.00 e. The molecule has 0 saturated heterocycles. The van der Waals surface area contributed by atoms with E-state index in [1.54, 1.807) is 0 Å². The van der Waals surface area contributed by atoms with Crippen LogP contribution in [0.5, 0.6) is 0 Å². The van der Waals surface area contributed by atoms with Gasteiger partial charge in [0.2, 0.25) is 0 Å². The standard InChI is InChI=1S/C10H8.Na.H3O4P.H/c1-2-6-10-8-4-3-7-9(10)5-1;;1-5(2,3)4;/h1-8H;;(H3,1,2,3,4);/q;+1;;-1. The van der Waals surface area contributed by atoms with Gasteiger partial charge in [-0.25, -0.2) is 4.57 Å². The quantitative estimate of drug-likeness (QED) is 0.415. The van der Waals surface area contributed by atoms with Crippen LogP contribution >= 0.6 is 7.82 Å². The fraction of sp³-hybridized carbons (Fsp3) is 0. The SMILES string of the molecule is O=P(O)(O)O.[H-].[Na+].c1ccc2ccccc2c1. The molecule has 0 aromatic heterocycles. The van der Waals surface area contributed by atoms with E-state index < -0.39 is 7.82 Å². The zero-order valence-corrected chi connectivity index (χ0v) is 11.7. The third kappa shape index (κ3) is 7.14. The number of rotatable bonds is 0. The molecule has 0 fully saturated rings. The zero-order valence-electron chi connectivity index (χ0n) is 9.82. The van der Waals surface area contributed by atoms with Crippen molar-refractivity contribution < 1.29 is 50.2 Å². The Hall–Kier alpha value is -0.190. The molecule has 2 aromatic carbocycles. The van der Waals surface area contributed by atoms with Gasteiger partial charge in [0.25, 0.3) is 0 Å². The van der Waals surface area contributed by atoms with Crippen molar-refractivity contribution >= 4 is 18.6 Å². The minimum atomic E-state index is -4.64. The Kier molecular flexibility index (Phi) is 7.11. The molecule has 6 heteroatoms. The molecule has 82 valence electrons. The van der Waals surface area contributed by atoms with E-state index in [9.17, 15) is 0 Å². The smallest absolute Gasteiger partial charge is 1.00 e. The Morgan fingerprint density at radius 1 is 0.812 bits per heavy atom. The maximum atomic E-state index is 8.88. The summed E-state index contributed by atoms with van der Waals surface area (Å²) in [4.78, 5) is 21.6. The summed E-state index contributed by atoms with van der Waals surface area (Å²) in [7, 11) is -4.64. The van der Waals surface area contributed by atoms with E-state index in [4.69, 9.17) is 19.2 Å². The number of phosphoric acid groups is 1. The van der Waals surface area contributed by atoms with Crippen LogP contribution in [-0.2, 0) is 4.57 Å². The first kappa shape index (κ1) is 15.8. The largest absolute Gasteiger partial charge is 1.00 e. The molecule has 3 N–H and O–H groups in total. The van der Waals surface area contributed by atoms with Gasteiger partial charge in [-0.1, -0.05) is 48.5 Å². The summed E-state index contributed by atoms with van der Waals surface area (Å²) in [6, 6.07) is 16.7. The third-order valence-corrected chi connectivity index (χ3v) is 1.66. The van der Waals surface area contributed by atoms with Crippen molar-refractivity contribution in [3.05, 3.63) is 48.5 Å². The Labute approximate surface area is 117 Å². The first-order chi connectivity index (χ1) is 6.97. The van der Waals surface area contributed by atoms with Crippen molar-refractivity contribution in [2.75, 3.05) is 0 Å². The van der Waals surface area contributed by atoms with Crippen molar-refractivity contribution in [2.45, 2.75) is 0 Å². The Morgan fingerprint density at radius 2 is 1.00 bits per heavy atom. The van der Waals surface area contributed by atoms with Crippen molar-refractivity contribution in [2.24, 2.45) is 0 Å². The summed E-state index contributed by atoms with van der Waals surface area (Å²) in [5.41, 5.74) is 0. The van der Waals surface area contributed by atoms with E-state index in [1.807, 2.05) is 0 Å². The molecule has 0 saturated carbocycles. The fourth-order valence-electron chi connectivity index (χ4n) is 1.13. The summed E-state index contributed by atoms with van der Waals surface area (Å²) >= 11 is 0. The van der Waals surface area contributed by atoms with Gasteiger partial charge in [0, 0.05) is 0 Å². The van der Waals surface area contributed by atoms with Crippen LogP contribution in [0.4, 0.5) is 0 Å². The van der Waals surface area contributed by atoms with Crippen LogP contribution in [0.1, 0.15) is 1.43 Å². The molecule has 0 radical (unpaired) electrons. The van der Waals surface area contributed by atoms with Gasteiger partial charge in [-0.2, -0.15) is 0 Å². The molecule has 2 rings (SSSR count). The minimum absolute atomic E-state index is 0. The summed E-state index contributed by atoms with van der Waals surface area (Å²) in [6.45, 7) is 0. The predicted molar refractivity (Wildman–Crippen MR) is 59.3 cm³/mol. The van der Waals surface area contributed by atoms with Crippen LogP contribution in [0.2, 0.25) is 0 Å². The zero-order chi connectivity index (χ0) is 11.3. The molecular formula is C10H12NaO4P. The topological polar surface area (TPSA) is 77.8 Å². The molecule has 0 aliphatic carbocycles. The van der Waals surface area contributed by atoms with E-state index >= 15 is 0 Å². The molecule has 0 atom stereocenters. The van der Waals surface area contributed by atoms with Crippen molar-refractivity contribution in [3.63, 3.8) is 0 Å². The number of benzene rings is 2. The Morgan fingerprint density at radius 3 is 1.19 bits per heavy atom. The van der Waals surface area contributed by atoms with E-state index in [-0.39, 0.29) is 31.0 Å². The first-order valence-corrected chi connectivity index (χ1v) is 5.75. The van der Waals surface area contributed by atoms with Crippen LogP contribution in [-0.4, -0.2) is 14.7 Å². The summed E-state index contributed by atoms with van der Waals surface area (Å²) < 4.78 is 8.88. The predicted octanol–water partition coefficient (Wildman–Crippen LogP) is -0.972. The van der Waals surface area contributed by atoms with Crippen molar-refractivity contribution in [1.29, 1.82) is 0 Å². The fourth-order valence-corrected chi connectivity index (χ4v) is 1.13. The molecule has 16 heavy (non-hydrogen) atoms. The van der Waals surface area contributed by atoms with Gasteiger partial charge in [0.05, 0.1) is 0 Å². The Bertz CT molecular complexity index is 415. The van der Waals surface area contributed by atoms with Crippen molar-refractivity contribution in [1.82, 2.24) is 0 Å². The first-order valence-electron chi connectivity index (χ1n) is 4.19. The molecule has 0 heterocycles. The maximum absolute atomic E-state index is 8.88. The van der Waals surface area contributed by atoms with Crippen LogP contribution in [0.25, 0.3) is 10.8 Å². The third-order valence-electron chi connectivity index (χ3n) is 1.66. The van der Waals surface area contributed by atoms with Crippen LogP contribution in [0.15, 0.2) is 48.5 Å². The molecule has 4 nitrogen and oxygen atoms in total. The number of hydrogen-bond donors (Lipinski definition) is 3.